The largest absolute Gasteiger partial charge is 0.486 e. The Morgan fingerprint density at radius 3 is 2.37 bits per heavy atom. The third-order valence-corrected chi connectivity index (χ3v) is 6.07. The first kappa shape index (κ1) is 19.1. The van der Waals surface area contributed by atoms with Crippen LogP contribution in [0.25, 0.3) is 11.1 Å². The van der Waals surface area contributed by atoms with E-state index < -0.39 is 0 Å². The lowest BCUT2D eigenvalue weighted by Crippen LogP contribution is -2.23. The summed E-state index contributed by atoms with van der Waals surface area (Å²) in [5.41, 5.74) is 7.29. The summed E-state index contributed by atoms with van der Waals surface area (Å²) in [6, 6.07) is 20.2. The van der Waals surface area contributed by atoms with E-state index in [1.165, 1.54) is 35.1 Å². The quantitative estimate of drug-likeness (QED) is 0.581. The number of benzene rings is 2. The summed E-state index contributed by atoms with van der Waals surface area (Å²) >= 11 is 0. The average Bonchev–Trinajstić information content (AvgIpc) is 3.21. The number of aryl methyl sites for hydroxylation is 2. The van der Waals surface area contributed by atoms with Crippen LogP contribution in [-0.2, 0) is 6.54 Å². The fourth-order valence-electron chi connectivity index (χ4n) is 4.70. The summed E-state index contributed by atoms with van der Waals surface area (Å²) in [6.45, 7) is 7.47. The standard InChI is InChI=1S/C26H28N2O2/c1-18-14-23(15-19(2)27-18)21-7-5-20(6-8-21)17-28-11-3-4-24(28)22-9-10-25-26(16-22)30-13-12-29-25/h5-10,14-16,24H,3-4,11-13,17H2,1-2H3. The SMILES string of the molecule is Cc1cc(-c2ccc(CN3CCCC3c3ccc4c(c3)OCCO4)cc2)cc(C)n1. The van der Waals surface area contributed by atoms with Crippen molar-refractivity contribution in [2.45, 2.75) is 39.3 Å². The highest BCUT2D eigenvalue weighted by molar-refractivity contribution is 5.64. The van der Waals surface area contributed by atoms with E-state index in [1.54, 1.807) is 0 Å². The zero-order valence-electron chi connectivity index (χ0n) is 17.7. The van der Waals surface area contributed by atoms with Crippen molar-refractivity contribution >= 4 is 0 Å². The van der Waals surface area contributed by atoms with Crippen molar-refractivity contribution in [3.8, 4) is 22.6 Å². The highest BCUT2D eigenvalue weighted by Gasteiger charge is 2.27. The zero-order valence-corrected chi connectivity index (χ0v) is 17.7. The summed E-state index contributed by atoms with van der Waals surface area (Å²) in [6.07, 6.45) is 2.42. The molecule has 0 saturated carbocycles. The van der Waals surface area contributed by atoms with Crippen molar-refractivity contribution in [1.29, 1.82) is 0 Å². The monoisotopic (exact) mass is 400 g/mol. The molecule has 0 bridgehead atoms. The lowest BCUT2D eigenvalue weighted by atomic mass is 10.0. The van der Waals surface area contributed by atoms with Gasteiger partial charge < -0.3 is 9.47 Å². The molecule has 0 radical (unpaired) electrons. The number of aromatic nitrogens is 1. The first-order valence-electron chi connectivity index (χ1n) is 10.8. The van der Waals surface area contributed by atoms with Crippen LogP contribution in [0, 0.1) is 13.8 Å². The number of pyridine rings is 1. The number of hydrogen-bond donors (Lipinski definition) is 0. The van der Waals surface area contributed by atoms with Crippen LogP contribution in [0.5, 0.6) is 11.5 Å². The van der Waals surface area contributed by atoms with Gasteiger partial charge in [-0.25, -0.2) is 0 Å². The topological polar surface area (TPSA) is 34.6 Å². The zero-order chi connectivity index (χ0) is 20.5. The molecule has 1 unspecified atom stereocenters. The van der Waals surface area contributed by atoms with Crippen molar-refractivity contribution in [3.05, 3.63) is 77.1 Å². The second kappa shape index (κ2) is 8.11. The molecular formula is C26H28N2O2. The third kappa shape index (κ3) is 3.92. The van der Waals surface area contributed by atoms with Crippen molar-refractivity contribution < 1.29 is 9.47 Å². The first-order chi connectivity index (χ1) is 14.7. The second-order valence-electron chi connectivity index (χ2n) is 8.37. The molecule has 1 aromatic heterocycles. The Morgan fingerprint density at radius 2 is 1.60 bits per heavy atom. The maximum Gasteiger partial charge on any atom is 0.161 e. The third-order valence-electron chi connectivity index (χ3n) is 6.07. The van der Waals surface area contributed by atoms with E-state index in [1.807, 2.05) is 0 Å². The van der Waals surface area contributed by atoms with Crippen LogP contribution in [0.4, 0.5) is 0 Å². The van der Waals surface area contributed by atoms with E-state index >= 15 is 0 Å². The molecular weight excluding hydrogens is 372 g/mol. The smallest absolute Gasteiger partial charge is 0.161 e. The van der Waals surface area contributed by atoms with Crippen LogP contribution < -0.4 is 9.47 Å². The number of fused-ring (bicyclic) bond motifs is 1. The highest BCUT2D eigenvalue weighted by atomic mass is 16.6. The van der Waals surface area contributed by atoms with Gasteiger partial charge in [0.1, 0.15) is 13.2 Å². The Labute approximate surface area is 178 Å². The molecule has 5 rings (SSSR count). The summed E-state index contributed by atoms with van der Waals surface area (Å²) in [5.74, 6) is 1.75. The normalized spacial score (nSPS) is 18.5. The van der Waals surface area contributed by atoms with Gasteiger partial charge in [0.2, 0.25) is 0 Å². The van der Waals surface area contributed by atoms with Crippen molar-refractivity contribution in [1.82, 2.24) is 9.88 Å². The number of rotatable bonds is 4. The highest BCUT2D eigenvalue weighted by Crippen LogP contribution is 2.38. The molecule has 154 valence electrons. The molecule has 0 amide bonds. The van der Waals surface area contributed by atoms with Gasteiger partial charge in [-0.2, -0.15) is 0 Å². The van der Waals surface area contributed by atoms with Gasteiger partial charge in [-0.05, 0) is 79.8 Å². The Balaban J connectivity index is 1.32. The molecule has 0 N–H and O–H groups in total. The number of nitrogens with zero attached hydrogens (tertiary/aromatic N) is 2. The number of hydrogen-bond acceptors (Lipinski definition) is 4. The lowest BCUT2D eigenvalue weighted by molar-refractivity contribution is 0.170. The van der Waals surface area contributed by atoms with Crippen molar-refractivity contribution in [2.75, 3.05) is 19.8 Å². The molecule has 1 fully saturated rings. The van der Waals surface area contributed by atoms with E-state index in [4.69, 9.17) is 9.47 Å². The Bertz CT molecular complexity index is 1030. The Morgan fingerprint density at radius 1 is 0.867 bits per heavy atom. The number of likely N-dealkylation sites (tertiary alicyclic amines) is 1. The average molecular weight is 401 g/mol. The molecule has 4 heteroatoms. The van der Waals surface area contributed by atoms with Crippen LogP contribution in [0.1, 0.15) is 41.4 Å². The van der Waals surface area contributed by atoms with Crippen molar-refractivity contribution in [3.63, 3.8) is 0 Å². The van der Waals surface area contributed by atoms with Crippen LogP contribution in [0.3, 0.4) is 0 Å². The maximum absolute atomic E-state index is 5.80. The molecule has 2 aliphatic heterocycles. The summed E-state index contributed by atoms with van der Waals surface area (Å²) < 4.78 is 11.5. The van der Waals surface area contributed by atoms with Crippen LogP contribution in [0.2, 0.25) is 0 Å². The molecule has 0 aliphatic carbocycles. The molecule has 2 aliphatic rings. The van der Waals surface area contributed by atoms with E-state index in [9.17, 15) is 0 Å². The van der Waals surface area contributed by atoms with Gasteiger partial charge in [-0.15, -0.1) is 0 Å². The van der Waals surface area contributed by atoms with E-state index in [2.05, 4.69) is 78.3 Å². The lowest BCUT2D eigenvalue weighted by Gasteiger charge is -2.26. The minimum atomic E-state index is 0.436. The molecule has 1 saturated heterocycles. The molecule has 3 aromatic rings. The maximum atomic E-state index is 5.80. The molecule has 3 heterocycles. The minimum absolute atomic E-state index is 0.436. The fourth-order valence-corrected chi connectivity index (χ4v) is 4.70. The molecule has 2 aromatic carbocycles. The predicted octanol–water partition coefficient (Wildman–Crippen LogP) is 5.47. The Kier molecular flexibility index (Phi) is 5.17. The van der Waals surface area contributed by atoms with Gasteiger partial charge in [0.15, 0.2) is 11.5 Å². The number of ether oxygens (including phenoxy) is 2. The molecule has 4 nitrogen and oxygen atoms in total. The van der Waals surface area contributed by atoms with Gasteiger partial charge in [-0.3, -0.25) is 9.88 Å². The summed E-state index contributed by atoms with van der Waals surface area (Å²) in [7, 11) is 0. The van der Waals surface area contributed by atoms with Crippen molar-refractivity contribution in [2.24, 2.45) is 0 Å². The van der Waals surface area contributed by atoms with Crippen LogP contribution in [-0.4, -0.2) is 29.6 Å². The van der Waals surface area contributed by atoms with Gasteiger partial charge in [0.05, 0.1) is 0 Å². The van der Waals surface area contributed by atoms with E-state index in [0.29, 0.717) is 19.3 Å². The van der Waals surface area contributed by atoms with Crippen LogP contribution >= 0.6 is 0 Å². The van der Waals surface area contributed by atoms with Gasteiger partial charge in [0.25, 0.3) is 0 Å². The predicted molar refractivity (Wildman–Crippen MR) is 119 cm³/mol. The molecule has 30 heavy (non-hydrogen) atoms. The van der Waals surface area contributed by atoms with Crippen LogP contribution in [0.15, 0.2) is 54.6 Å². The minimum Gasteiger partial charge on any atom is -0.486 e. The summed E-state index contributed by atoms with van der Waals surface area (Å²) in [4.78, 5) is 7.07. The van der Waals surface area contributed by atoms with Gasteiger partial charge in [-0.1, -0.05) is 30.3 Å². The first-order valence-corrected chi connectivity index (χ1v) is 10.8. The van der Waals surface area contributed by atoms with Gasteiger partial charge in [0, 0.05) is 24.0 Å². The molecule has 0 spiro atoms. The van der Waals surface area contributed by atoms with Gasteiger partial charge >= 0.3 is 0 Å². The fraction of sp³-hybridized carbons (Fsp3) is 0.346. The summed E-state index contributed by atoms with van der Waals surface area (Å²) in [5, 5.41) is 0. The Hall–Kier alpha value is -2.85. The van der Waals surface area contributed by atoms with E-state index in [0.717, 1.165) is 36.0 Å². The van der Waals surface area contributed by atoms with E-state index in [-0.39, 0.29) is 0 Å². The second-order valence-corrected chi connectivity index (χ2v) is 8.37. The molecule has 1 atom stereocenters.